The molecule has 0 radical (unpaired) electrons. The highest BCUT2D eigenvalue weighted by molar-refractivity contribution is 5.18. The van der Waals surface area contributed by atoms with Gasteiger partial charge in [0.1, 0.15) is 0 Å². The molecule has 1 N–H and O–H groups in total. The first-order valence-corrected chi connectivity index (χ1v) is 11.4. The Hall–Kier alpha value is -2.42. The fourth-order valence-corrected chi connectivity index (χ4v) is 4.02. The van der Waals surface area contributed by atoms with Crippen LogP contribution in [0.5, 0.6) is 0 Å². The number of hydrogen-bond donors (Lipinski definition) is 1. The van der Waals surface area contributed by atoms with Crippen LogP contribution in [0.4, 0.5) is 0 Å². The van der Waals surface area contributed by atoms with E-state index in [2.05, 4.69) is 115 Å². The fraction of sp³-hybridized carbons (Fsp3) is 0.357. The van der Waals surface area contributed by atoms with E-state index in [-0.39, 0.29) is 0 Å². The molecule has 2 nitrogen and oxygen atoms in total. The minimum atomic E-state index is 0.431. The van der Waals surface area contributed by atoms with Gasteiger partial charge in [-0.25, -0.2) is 0 Å². The third-order valence-electron chi connectivity index (χ3n) is 5.90. The number of nitrogens with one attached hydrogen (secondary N) is 1. The predicted molar refractivity (Wildman–Crippen MR) is 128 cm³/mol. The average molecular weight is 401 g/mol. The summed E-state index contributed by atoms with van der Waals surface area (Å²) in [4.78, 5) is 2.63. The van der Waals surface area contributed by atoms with Gasteiger partial charge in [-0.3, -0.25) is 4.90 Å². The number of hydrogen-bond acceptors (Lipinski definition) is 2. The fourth-order valence-electron chi connectivity index (χ4n) is 4.02. The van der Waals surface area contributed by atoms with Crippen molar-refractivity contribution in [2.24, 2.45) is 0 Å². The minimum absolute atomic E-state index is 0.431. The van der Waals surface area contributed by atoms with Gasteiger partial charge >= 0.3 is 0 Å². The van der Waals surface area contributed by atoms with Gasteiger partial charge in [-0.05, 0) is 30.0 Å². The number of benzene rings is 3. The molecular formula is C28H36N2. The Balaban J connectivity index is 1.75. The third-order valence-corrected chi connectivity index (χ3v) is 5.90. The summed E-state index contributed by atoms with van der Waals surface area (Å²) in [5.41, 5.74) is 4.10. The van der Waals surface area contributed by atoms with Crippen LogP contribution in [-0.2, 0) is 19.6 Å². The average Bonchev–Trinajstić information content (AvgIpc) is 2.80. The van der Waals surface area contributed by atoms with E-state index < -0.39 is 0 Å². The van der Waals surface area contributed by atoms with Gasteiger partial charge in [0, 0.05) is 31.7 Å². The van der Waals surface area contributed by atoms with Gasteiger partial charge in [-0.15, -0.1) is 0 Å². The standard InChI is InChI=1S/C28H36N2/c1-3-4-20-28(29-21-25-14-8-5-9-15-25)24(2)30(22-26-16-10-6-11-17-26)23-27-18-12-7-13-19-27/h5-19,24,28-29H,3-4,20-23H2,1-2H3/t24-,28+/m0/s1. The summed E-state index contributed by atoms with van der Waals surface area (Å²) < 4.78 is 0. The molecule has 0 fully saturated rings. The van der Waals surface area contributed by atoms with Crippen molar-refractivity contribution in [1.82, 2.24) is 10.2 Å². The zero-order chi connectivity index (χ0) is 21.0. The van der Waals surface area contributed by atoms with E-state index in [0.29, 0.717) is 12.1 Å². The van der Waals surface area contributed by atoms with Gasteiger partial charge < -0.3 is 5.32 Å². The summed E-state index contributed by atoms with van der Waals surface area (Å²) in [6, 6.07) is 33.4. The molecule has 2 heteroatoms. The van der Waals surface area contributed by atoms with E-state index in [1.54, 1.807) is 0 Å². The lowest BCUT2D eigenvalue weighted by Crippen LogP contribution is -2.47. The van der Waals surface area contributed by atoms with Gasteiger partial charge in [0.05, 0.1) is 0 Å². The molecule has 0 aliphatic heterocycles. The lowest BCUT2D eigenvalue weighted by atomic mass is 9.99. The van der Waals surface area contributed by atoms with Crippen molar-refractivity contribution in [3.8, 4) is 0 Å². The van der Waals surface area contributed by atoms with Gasteiger partial charge in [0.15, 0.2) is 0 Å². The van der Waals surface area contributed by atoms with Crippen LogP contribution < -0.4 is 5.32 Å². The van der Waals surface area contributed by atoms with Crippen LogP contribution in [0.25, 0.3) is 0 Å². The number of rotatable bonds is 12. The van der Waals surface area contributed by atoms with E-state index >= 15 is 0 Å². The van der Waals surface area contributed by atoms with Crippen LogP contribution >= 0.6 is 0 Å². The van der Waals surface area contributed by atoms with Crippen LogP contribution in [-0.4, -0.2) is 17.0 Å². The smallest absolute Gasteiger partial charge is 0.0240 e. The zero-order valence-corrected chi connectivity index (χ0v) is 18.5. The van der Waals surface area contributed by atoms with Crippen molar-refractivity contribution in [3.63, 3.8) is 0 Å². The molecule has 0 unspecified atom stereocenters. The maximum atomic E-state index is 3.88. The van der Waals surface area contributed by atoms with E-state index in [0.717, 1.165) is 19.6 Å². The SMILES string of the molecule is CCCC[C@@H](NCc1ccccc1)[C@H](C)N(Cc1ccccc1)Cc1ccccc1. The van der Waals surface area contributed by atoms with E-state index in [9.17, 15) is 0 Å². The molecule has 158 valence electrons. The molecule has 0 aromatic heterocycles. The topological polar surface area (TPSA) is 15.3 Å². The molecule has 0 aliphatic carbocycles. The Bertz CT molecular complexity index is 776. The summed E-state index contributed by atoms with van der Waals surface area (Å²) in [6.45, 7) is 7.53. The number of nitrogens with zero attached hydrogens (tertiary/aromatic N) is 1. The molecule has 0 saturated carbocycles. The molecule has 0 bridgehead atoms. The summed E-state index contributed by atoms with van der Waals surface area (Å²) in [5, 5.41) is 3.88. The molecule has 0 heterocycles. The van der Waals surface area contributed by atoms with Crippen LogP contribution in [0.3, 0.4) is 0 Å². The van der Waals surface area contributed by atoms with Crippen molar-refractivity contribution in [1.29, 1.82) is 0 Å². The molecule has 0 spiro atoms. The second-order valence-corrected chi connectivity index (χ2v) is 8.23. The Morgan fingerprint density at radius 3 is 1.63 bits per heavy atom. The Labute approximate surface area is 183 Å². The van der Waals surface area contributed by atoms with Gasteiger partial charge in [0.2, 0.25) is 0 Å². The molecule has 3 aromatic carbocycles. The largest absolute Gasteiger partial charge is 0.308 e. The van der Waals surface area contributed by atoms with Crippen LogP contribution in [0.2, 0.25) is 0 Å². The molecule has 0 aliphatic rings. The first kappa shape index (κ1) is 22.3. The van der Waals surface area contributed by atoms with Crippen LogP contribution in [0.15, 0.2) is 91.0 Å². The second-order valence-electron chi connectivity index (χ2n) is 8.23. The number of unbranched alkanes of at least 4 members (excludes halogenated alkanes) is 1. The monoisotopic (exact) mass is 400 g/mol. The van der Waals surface area contributed by atoms with Crippen LogP contribution in [0.1, 0.15) is 49.8 Å². The van der Waals surface area contributed by atoms with Gasteiger partial charge in [-0.2, -0.15) is 0 Å². The highest BCUT2D eigenvalue weighted by Gasteiger charge is 2.23. The van der Waals surface area contributed by atoms with E-state index in [1.165, 1.54) is 36.0 Å². The Morgan fingerprint density at radius 1 is 0.700 bits per heavy atom. The normalized spacial score (nSPS) is 13.3. The quantitative estimate of drug-likeness (QED) is 0.377. The molecular weight excluding hydrogens is 364 g/mol. The Morgan fingerprint density at radius 2 is 1.17 bits per heavy atom. The van der Waals surface area contributed by atoms with Crippen molar-refractivity contribution in [2.75, 3.05) is 0 Å². The van der Waals surface area contributed by atoms with Crippen molar-refractivity contribution >= 4 is 0 Å². The maximum Gasteiger partial charge on any atom is 0.0240 e. The van der Waals surface area contributed by atoms with E-state index in [4.69, 9.17) is 0 Å². The minimum Gasteiger partial charge on any atom is -0.308 e. The third kappa shape index (κ3) is 7.12. The second kappa shape index (κ2) is 12.3. The molecule has 0 saturated heterocycles. The van der Waals surface area contributed by atoms with Gasteiger partial charge in [-0.1, -0.05) is 111 Å². The highest BCUT2D eigenvalue weighted by Crippen LogP contribution is 2.19. The first-order chi connectivity index (χ1) is 14.8. The maximum absolute atomic E-state index is 3.88. The Kier molecular flexibility index (Phi) is 9.14. The summed E-state index contributed by atoms with van der Waals surface area (Å²) in [6.07, 6.45) is 3.68. The zero-order valence-electron chi connectivity index (χ0n) is 18.5. The van der Waals surface area contributed by atoms with Gasteiger partial charge in [0.25, 0.3) is 0 Å². The molecule has 30 heavy (non-hydrogen) atoms. The summed E-state index contributed by atoms with van der Waals surface area (Å²) >= 11 is 0. The molecule has 0 amide bonds. The van der Waals surface area contributed by atoms with Crippen molar-refractivity contribution < 1.29 is 0 Å². The predicted octanol–water partition coefficient (Wildman–Crippen LogP) is 6.43. The lowest BCUT2D eigenvalue weighted by Gasteiger charge is -2.36. The molecule has 2 atom stereocenters. The first-order valence-electron chi connectivity index (χ1n) is 11.4. The molecule has 3 aromatic rings. The van der Waals surface area contributed by atoms with Crippen molar-refractivity contribution in [2.45, 2.75) is 64.8 Å². The summed E-state index contributed by atoms with van der Waals surface area (Å²) in [5.74, 6) is 0. The highest BCUT2D eigenvalue weighted by atomic mass is 15.2. The van der Waals surface area contributed by atoms with Crippen LogP contribution in [0, 0.1) is 0 Å². The molecule has 3 rings (SSSR count). The van der Waals surface area contributed by atoms with Crippen molar-refractivity contribution in [3.05, 3.63) is 108 Å². The van der Waals surface area contributed by atoms with E-state index in [1.807, 2.05) is 0 Å². The summed E-state index contributed by atoms with van der Waals surface area (Å²) in [7, 11) is 0. The lowest BCUT2D eigenvalue weighted by molar-refractivity contribution is 0.146.